The number of ether oxygens (including phenoxy) is 1. The molecule has 0 radical (unpaired) electrons. The van der Waals surface area contributed by atoms with Crippen LogP contribution in [0.2, 0.25) is 0 Å². The molecule has 6 fully saturated rings. The molecule has 4 saturated heterocycles. The first-order valence-corrected chi connectivity index (χ1v) is 31.0. The summed E-state index contributed by atoms with van der Waals surface area (Å²) in [6.45, 7) is 16.9. The van der Waals surface area contributed by atoms with E-state index >= 15 is 9.59 Å². The molecule has 2 saturated carbocycles. The number of carbonyl (C=O) groups excluding carboxylic acids is 4. The van der Waals surface area contributed by atoms with Crippen LogP contribution in [0.25, 0.3) is 33.4 Å². The fraction of sp³-hybridized carbons (Fsp3) is 0.574. The molecule has 7 atom stereocenters. The lowest BCUT2D eigenvalue weighted by atomic mass is 9.72. The molecule has 3 amide bonds. The van der Waals surface area contributed by atoms with Crippen LogP contribution in [0.15, 0.2) is 71.1 Å². The van der Waals surface area contributed by atoms with E-state index < -0.39 is 40.5 Å². The fourth-order valence-electron chi connectivity index (χ4n) is 14.0. The van der Waals surface area contributed by atoms with Gasteiger partial charge in [-0.3, -0.25) is 34.1 Å². The van der Waals surface area contributed by atoms with E-state index in [9.17, 15) is 13.8 Å². The molecule has 414 valence electrons. The number of fused-ring (bicyclic) bond motifs is 6. The predicted octanol–water partition coefficient (Wildman–Crippen LogP) is 8.60. The first-order valence-electron chi connectivity index (χ1n) is 29.0. The molecule has 5 aromatic rings. The molecule has 17 heteroatoms. The minimum atomic E-state index is -1.39. The predicted molar refractivity (Wildman–Crippen MR) is 303 cm³/mol. The summed E-state index contributed by atoms with van der Waals surface area (Å²) in [4.78, 5) is 74.1. The van der Waals surface area contributed by atoms with Gasteiger partial charge in [0.2, 0.25) is 11.8 Å². The molecular weight excluding hydrogens is 1020 g/mol. The van der Waals surface area contributed by atoms with Crippen LogP contribution in [0.1, 0.15) is 127 Å². The highest BCUT2D eigenvalue weighted by atomic mass is 32.2. The van der Waals surface area contributed by atoms with Crippen molar-refractivity contribution >= 4 is 56.9 Å². The van der Waals surface area contributed by atoms with Gasteiger partial charge in [0, 0.05) is 83.6 Å². The zero-order valence-corrected chi connectivity index (χ0v) is 47.9. The topological polar surface area (TPSA) is 162 Å². The van der Waals surface area contributed by atoms with Gasteiger partial charge in [-0.25, -0.2) is 18.9 Å². The van der Waals surface area contributed by atoms with Crippen molar-refractivity contribution in [3.8, 4) is 22.5 Å². The number of hydrogen-bond acceptors (Lipinski definition) is 11. The van der Waals surface area contributed by atoms with E-state index in [4.69, 9.17) is 14.7 Å². The third kappa shape index (κ3) is 10.3. The molecule has 8 heterocycles. The molecule has 15 nitrogen and oxygen atoms in total. The summed E-state index contributed by atoms with van der Waals surface area (Å²) in [7, 11) is -1.39. The van der Waals surface area contributed by atoms with Crippen LogP contribution < -0.4 is 10.7 Å². The van der Waals surface area contributed by atoms with Gasteiger partial charge >= 0.3 is 5.97 Å². The standard InChI is InChI=1S/C61H77N9O6S2/c1-7-68-49-24-21-41-29-44(49)45(54(68)43-15-10-26-62-51(43)37(2)3)31-60(5,6)36-76-59(74)46-16-11-28-69(65-46)57(72)47(30-50-63-48(41)32-77-50)64-56(71)53(39-13-8-9-14-39)66-27-12-25-61(33-66)34-67(35-61)58(73)55-52(40-19-20-40)70(55)78(75)42-22-17-38(4)18-23-42/h10,15,17-18,21-24,26,29,32,37,39-40,46-47,52-53,55,65H,7-9,11-14,16,19-20,25,27-28,30-31,33-36H2,1-6H3,(H,64,71)/t46-,47-,52+,53-,55+,70?,78+/m0/s1. The Morgan fingerprint density at radius 2 is 1.74 bits per heavy atom. The summed E-state index contributed by atoms with van der Waals surface area (Å²) < 4.78 is 24.4. The average Bonchev–Trinajstić information content (AvgIpc) is 4.43. The highest BCUT2D eigenvalue weighted by Gasteiger charge is 2.64. The summed E-state index contributed by atoms with van der Waals surface area (Å²) in [6, 6.07) is 16.1. The Kier molecular flexibility index (Phi) is 14.6. The van der Waals surface area contributed by atoms with Gasteiger partial charge in [-0.2, -0.15) is 0 Å². The van der Waals surface area contributed by atoms with Gasteiger partial charge in [-0.05, 0) is 138 Å². The van der Waals surface area contributed by atoms with E-state index in [1.165, 1.54) is 21.9 Å². The molecule has 2 aromatic carbocycles. The summed E-state index contributed by atoms with van der Waals surface area (Å²) in [5, 5.41) is 8.80. The van der Waals surface area contributed by atoms with Crippen molar-refractivity contribution in [2.45, 2.75) is 166 Å². The summed E-state index contributed by atoms with van der Waals surface area (Å²) in [5.74, 6) is -0.0272. The smallest absolute Gasteiger partial charge is 0.324 e. The normalized spacial score (nSPS) is 26.4. The number of benzene rings is 2. The zero-order valence-electron chi connectivity index (χ0n) is 46.3. The summed E-state index contributed by atoms with van der Waals surface area (Å²) >= 11 is 1.50. The first kappa shape index (κ1) is 53.3. The lowest BCUT2D eigenvalue weighted by Crippen LogP contribution is -2.68. The van der Waals surface area contributed by atoms with E-state index in [-0.39, 0.29) is 60.1 Å². The minimum Gasteiger partial charge on any atom is -0.464 e. The van der Waals surface area contributed by atoms with Gasteiger partial charge in [0.25, 0.3) is 5.91 Å². The summed E-state index contributed by atoms with van der Waals surface area (Å²) in [6.07, 6.45) is 11.8. The number of aromatic nitrogens is 3. The maximum absolute atomic E-state index is 15.3. The summed E-state index contributed by atoms with van der Waals surface area (Å²) in [5.41, 5.74) is 11.1. The van der Waals surface area contributed by atoms with E-state index in [1.54, 1.807) is 0 Å². The lowest BCUT2D eigenvalue weighted by molar-refractivity contribution is -0.155. The van der Waals surface area contributed by atoms with Gasteiger partial charge in [0.05, 0.1) is 45.7 Å². The molecule has 2 aliphatic carbocycles. The fourth-order valence-corrected chi connectivity index (χ4v) is 16.4. The molecule has 12 rings (SSSR count). The number of hydrogen-bond donors (Lipinski definition) is 2. The van der Waals surface area contributed by atoms with Crippen molar-refractivity contribution in [2.24, 2.45) is 22.7 Å². The van der Waals surface area contributed by atoms with Crippen LogP contribution in [0, 0.1) is 29.6 Å². The van der Waals surface area contributed by atoms with Crippen LogP contribution in [0.3, 0.4) is 0 Å². The SMILES string of the molecule is CCn1c(-c2cccnc2C(C)C)c2c3cc(ccc31)-c1csc(n1)C[C@H](NC(=O)[C@H](C1CCCC1)N1CCCC3(CN(C(=O)[C@H]4[C@@H](C5CC5)N4[S@](=O)c4ccc(C)cc4)C3)C1)C(=O)N1CCC[C@H](N1)C(=O)OCC(C)(C)C2. The molecule has 3 aromatic heterocycles. The number of piperidine rings is 1. The molecule has 1 spiro atoms. The molecule has 5 aliphatic heterocycles. The minimum absolute atomic E-state index is 0.0187. The van der Waals surface area contributed by atoms with Gasteiger partial charge in [0.15, 0.2) is 0 Å². The van der Waals surface area contributed by atoms with E-state index in [0.29, 0.717) is 51.4 Å². The number of rotatable bonds is 11. The number of esters is 1. The number of amides is 3. The second kappa shape index (κ2) is 21.3. The maximum atomic E-state index is 15.3. The highest BCUT2D eigenvalue weighted by Crippen LogP contribution is 2.51. The lowest BCUT2D eigenvalue weighted by Gasteiger charge is -2.56. The molecule has 78 heavy (non-hydrogen) atoms. The molecule has 2 N–H and O–H groups in total. The van der Waals surface area contributed by atoms with Gasteiger partial charge in [0.1, 0.15) is 29.1 Å². The number of carbonyl (C=O) groups is 4. The van der Waals surface area contributed by atoms with Gasteiger partial charge in [-0.15, -0.1) is 11.3 Å². The third-order valence-corrected chi connectivity index (χ3v) is 20.5. The van der Waals surface area contributed by atoms with Crippen LogP contribution in [-0.2, 0) is 54.3 Å². The van der Waals surface area contributed by atoms with Gasteiger partial charge in [-0.1, -0.05) is 64.3 Å². The number of nitrogens with zero attached hydrogens (tertiary/aromatic N) is 7. The first-order chi connectivity index (χ1) is 37.6. The zero-order chi connectivity index (χ0) is 54.2. The molecule has 6 bridgehead atoms. The van der Waals surface area contributed by atoms with Crippen molar-refractivity contribution in [3.05, 3.63) is 88.0 Å². The molecule has 7 aliphatic rings. The molecule has 1 unspecified atom stereocenters. The second-order valence-electron chi connectivity index (χ2n) is 25.0. The number of aryl methyl sites for hydroxylation is 2. The van der Waals surface area contributed by atoms with E-state index in [0.717, 1.165) is 119 Å². The molecular formula is C61H77N9O6S2. The monoisotopic (exact) mass is 1100 g/mol. The van der Waals surface area contributed by atoms with Crippen LogP contribution in [-0.4, -0.2) is 131 Å². The average molecular weight is 1100 g/mol. The maximum Gasteiger partial charge on any atom is 0.324 e. The van der Waals surface area contributed by atoms with Crippen LogP contribution >= 0.6 is 11.3 Å². The van der Waals surface area contributed by atoms with Crippen molar-refractivity contribution in [3.63, 3.8) is 0 Å². The third-order valence-electron chi connectivity index (χ3n) is 18.1. The van der Waals surface area contributed by atoms with Crippen LogP contribution in [0.4, 0.5) is 0 Å². The van der Waals surface area contributed by atoms with Crippen LogP contribution in [0.5, 0.6) is 0 Å². The number of nitrogens with one attached hydrogen (secondary N) is 2. The number of cyclic esters (lactones) is 1. The number of pyridine rings is 1. The number of thiazole rings is 1. The van der Waals surface area contributed by atoms with Gasteiger partial charge < -0.3 is 19.5 Å². The Morgan fingerprint density at radius 3 is 2.49 bits per heavy atom. The van der Waals surface area contributed by atoms with Crippen molar-refractivity contribution < 1.29 is 28.1 Å². The Morgan fingerprint density at radius 1 is 0.962 bits per heavy atom. The Bertz CT molecular complexity index is 3140. The van der Waals surface area contributed by atoms with Crippen molar-refractivity contribution in [1.29, 1.82) is 0 Å². The Balaban J connectivity index is 0.819. The largest absolute Gasteiger partial charge is 0.464 e. The van der Waals surface area contributed by atoms with Crippen molar-refractivity contribution in [1.82, 2.24) is 44.4 Å². The van der Waals surface area contributed by atoms with Crippen molar-refractivity contribution in [2.75, 3.05) is 39.3 Å². The second-order valence-corrected chi connectivity index (χ2v) is 27.3. The Hall–Kier alpha value is -5.33. The van der Waals surface area contributed by atoms with E-state index in [2.05, 4.69) is 84.5 Å². The number of likely N-dealkylation sites (tertiary alicyclic amines) is 2. The quantitative estimate of drug-likeness (QED) is 0.0968. The van der Waals surface area contributed by atoms with E-state index in [1.807, 2.05) is 52.7 Å². The number of hydrazine groups is 1. The highest BCUT2D eigenvalue weighted by molar-refractivity contribution is 7.83. The Labute approximate surface area is 465 Å².